The number of hydrogen-bond acceptors (Lipinski definition) is 10. The van der Waals surface area contributed by atoms with Gasteiger partial charge in [-0.05, 0) is 37.8 Å². The minimum Gasteiger partial charge on any atom is -0.461 e. The lowest BCUT2D eigenvalue weighted by molar-refractivity contribution is -0.131. The van der Waals surface area contributed by atoms with Gasteiger partial charge >= 0.3 is 6.01 Å². The molecule has 3 aliphatic rings. The van der Waals surface area contributed by atoms with Gasteiger partial charge in [-0.1, -0.05) is 47.1 Å². The number of carbonyl (C=O) groups excluding carboxylic acids is 1. The maximum Gasteiger partial charge on any atom is 0.319 e. The number of alkyl halides is 2. The molecule has 0 radical (unpaired) electrons. The van der Waals surface area contributed by atoms with Crippen LogP contribution in [-0.2, 0) is 4.79 Å². The topological polar surface area (TPSA) is 114 Å². The number of hydrogen-bond donors (Lipinski definition) is 0. The molecule has 0 aliphatic carbocycles. The molecule has 3 saturated heterocycles. The number of anilines is 1. The smallest absolute Gasteiger partial charge is 0.319 e. The molecule has 0 N–H and O–H groups in total. The van der Waals surface area contributed by atoms with Crippen molar-refractivity contribution in [2.24, 2.45) is 5.92 Å². The van der Waals surface area contributed by atoms with E-state index in [2.05, 4.69) is 25.0 Å². The molecular formula is C37H36ClF3N8O3. The van der Waals surface area contributed by atoms with Gasteiger partial charge < -0.3 is 19.1 Å². The predicted octanol–water partition coefficient (Wildman–Crippen LogP) is 6.61. The molecule has 0 saturated carbocycles. The van der Waals surface area contributed by atoms with Crippen molar-refractivity contribution in [1.29, 1.82) is 0 Å². The van der Waals surface area contributed by atoms with Crippen LogP contribution >= 0.6 is 11.6 Å². The van der Waals surface area contributed by atoms with Crippen molar-refractivity contribution < 1.29 is 27.2 Å². The molecular weight excluding hydrogens is 697 g/mol. The summed E-state index contributed by atoms with van der Waals surface area (Å²) in [6, 6.07) is 11.0. The van der Waals surface area contributed by atoms with Crippen LogP contribution in [0.1, 0.15) is 44.1 Å². The summed E-state index contributed by atoms with van der Waals surface area (Å²) in [4.78, 5) is 36.3. The summed E-state index contributed by atoms with van der Waals surface area (Å²) in [6.45, 7) is 4.10. The molecule has 270 valence electrons. The van der Waals surface area contributed by atoms with Crippen LogP contribution in [0.5, 0.6) is 6.01 Å². The highest BCUT2D eigenvalue weighted by Crippen LogP contribution is 2.41. The van der Waals surface area contributed by atoms with E-state index >= 15 is 4.39 Å². The van der Waals surface area contributed by atoms with Gasteiger partial charge in [-0.2, -0.15) is 15.0 Å². The van der Waals surface area contributed by atoms with Gasteiger partial charge in [-0.3, -0.25) is 14.7 Å². The largest absolute Gasteiger partial charge is 0.461 e. The van der Waals surface area contributed by atoms with Crippen LogP contribution in [0.2, 0.25) is 5.02 Å². The summed E-state index contributed by atoms with van der Waals surface area (Å²) >= 11 is 6.60. The van der Waals surface area contributed by atoms with Crippen molar-refractivity contribution in [2.45, 2.75) is 44.1 Å². The average molecular weight is 733 g/mol. The van der Waals surface area contributed by atoms with E-state index in [9.17, 15) is 13.6 Å². The molecule has 0 spiro atoms. The SMILES string of the molecule is C[C@@H](F)c1noc(/C=C/C(=O)N2CC(CN(C)c3nc(OCC45CCCN4C[C@H](F)C5)nc4c(F)c(-c5cccc6cccc(Cl)c56)ncc34)C2)n1. The van der Waals surface area contributed by atoms with E-state index < -0.39 is 23.7 Å². The fourth-order valence-electron chi connectivity index (χ4n) is 7.77. The van der Waals surface area contributed by atoms with Gasteiger partial charge in [0.2, 0.25) is 11.7 Å². The van der Waals surface area contributed by atoms with Crippen molar-refractivity contribution in [3.8, 4) is 17.3 Å². The number of carbonyl (C=O) groups is 1. The van der Waals surface area contributed by atoms with Crippen molar-refractivity contribution >= 4 is 51.1 Å². The number of amides is 1. The van der Waals surface area contributed by atoms with Crippen molar-refractivity contribution in [1.82, 2.24) is 34.9 Å². The second-order valence-corrected chi connectivity index (χ2v) is 14.4. The van der Waals surface area contributed by atoms with Gasteiger partial charge in [-0.15, -0.1) is 0 Å². The zero-order valence-electron chi connectivity index (χ0n) is 28.6. The van der Waals surface area contributed by atoms with Crippen LogP contribution in [0.15, 0.2) is 53.2 Å². The number of rotatable bonds is 10. The molecule has 3 aromatic heterocycles. The van der Waals surface area contributed by atoms with Crippen molar-refractivity contribution in [3.05, 3.63) is 71.2 Å². The first-order valence-electron chi connectivity index (χ1n) is 17.3. The van der Waals surface area contributed by atoms with E-state index in [1.165, 1.54) is 19.1 Å². The lowest BCUT2D eigenvalue weighted by atomic mass is 9.95. The highest BCUT2D eigenvalue weighted by molar-refractivity contribution is 6.36. The lowest BCUT2D eigenvalue weighted by Crippen LogP contribution is -2.53. The highest BCUT2D eigenvalue weighted by Gasteiger charge is 2.49. The van der Waals surface area contributed by atoms with Gasteiger partial charge in [0, 0.05) is 79.9 Å². The Morgan fingerprint density at radius 1 is 1.19 bits per heavy atom. The van der Waals surface area contributed by atoms with E-state index in [1.54, 1.807) is 23.2 Å². The molecule has 11 nitrogen and oxygen atoms in total. The van der Waals surface area contributed by atoms with Crippen LogP contribution in [0.25, 0.3) is 39.0 Å². The standard InChI is InChI=1S/C37H36ClF3N8O3/c1-21(39)34-43-28(52-46-34)10-11-29(50)48-17-22(18-48)16-47(2)35-26-15-42-32(25-8-3-6-23-7-4-9-27(38)30(23)25)31(41)33(26)44-36(45-35)51-20-37-12-5-13-49(37)19-24(40)14-37/h3-4,6-11,15,21-22,24H,5,12-14,16-20H2,1-2H3/b11-10+/t21-,24-,37?/m1/s1. The van der Waals surface area contributed by atoms with Gasteiger partial charge in [0.05, 0.1) is 10.9 Å². The maximum atomic E-state index is 16.7. The Morgan fingerprint density at radius 2 is 2.00 bits per heavy atom. The first-order valence-corrected chi connectivity index (χ1v) is 17.7. The van der Waals surface area contributed by atoms with Crippen molar-refractivity contribution in [2.75, 3.05) is 51.3 Å². The second kappa shape index (κ2) is 13.6. The normalized spacial score (nSPS) is 21.3. The Kier molecular flexibility index (Phi) is 8.98. The Hall–Kier alpha value is -4.82. The van der Waals surface area contributed by atoms with E-state index in [0.717, 1.165) is 24.8 Å². The zero-order valence-corrected chi connectivity index (χ0v) is 29.4. The van der Waals surface area contributed by atoms with Crippen molar-refractivity contribution in [3.63, 3.8) is 0 Å². The van der Waals surface area contributed by atoms with E-state index in [4.69, 9.17) is 25.8 Å². The number of aromatic nitrogens is 5. The zero-order chi connectivity index (χ0) is 36.1. The number of likely N-dealkylation sites (tertiary alicyclic amines) is 1. The fourth-order valence-corrected chi connectivity index (χ4v) is 8.05. The third-order valence-corrected chi connectivity index (χ3v) is 10.6. The summed E-state index contributed by atoms with van der Waals surface area (Å²) in [5, 5.41) is 5.95. The molecule has 8 rings (SSSR count). The predicted molar refractivity (Wildman–Crippen MR) is 190 cm³/mol. The van der Waals surface area contributed by atoms with Crippen LogP contribution in [0.3, 0.4) is 0 Å². The summed E-state index contributed by atoms with van der Waals surface area (Å²) in [5.74, 6) is -0.419. The molecule has 0 bridgehead atoms. The molecule has 15 heteroatoms. The summed E-state index contributed by atoms with van der Waals surface area (Å²) in [6.07, 6.45) is 4.06. The summed E-state index contributed by atoms with van der Waals surface area (Å²) in [5.41, 5.74) is 0.222. The molecule has 1 amide bonds. The van der Waals surface area contributed by atoms with E-state index in [0.29, 0.717) is 59.8 Å². The van der Waals surface area contributed by atoms with Gasteiger partial charge in [0.1, 0.15) is 29.8 Å². The Balaban J connectivity index is 1.07. The quantitative estimate of drug-likeness (QED) is 0.145. The molecule has 5 aromatic rings. The van der Waals surface area contributed by atoms with Crippen LogP contribution in [0, 0.1) is 11.7 Å². The highest BCUT2D eigenvalue weighted by atomic mass is 35.5. The number of pyridine rings is 1. The number of benzene rings is 2. The average Bonchev–Trinajstić information content (AvgIpc) is 3.82. The minimum absolute atomic E-state index is 0.00762. The Bertz CT molecular complexity index is 2190. The van der Waals surface area contributed by atoms with Gasteiger partial charge in [0.25, 0.3) is 5.89 Å². The molecule has 3 atom stereocenters. The number of halogens is 4. The van der Waals surface area contributed by atoms with Crippen LogP contribution in [-0.4, -0.2) is 98.9 Å². The third-order valence-electron chi connectivity index (χ3n) is 10.3. The van der Waals surface area contributed by atoms with Gasteiger partial charge in [0.15, 0.2) is 12.0 Å². The number of fused-ring (bicyclic) bond motifs is 3. The summed E-state index contributed by atoms with van der Waals surface area (Å²) in [7, 11) is 1.84. The monoisotopic (exact) mass is 732 g/mol. The molecule has 6 heterocycles. The third kappa shape index (κ3) is 6.31. The lowest BCUT2D eigenvalue weighted by Gasteiger charge is -2.40. The minimum atomic E-state index is -1.38. The van der Waals surface area contributed by atoms with Crippen LogP contribution < -0.4 is 9.64 Å². The van der Waals surface area contributed by atoms with E-state index in [1.807, 2.05) is 36.2 Å². The second-order valence-electron chi connectivity index (χ2n) is 14.0. The van der Waals surface area contributed by atoms with Crippen LogP contribution in [0.4, 0.5) is 19.0 Å². The molecule has 1 unspecified atom stereocenters. The molecule has 3 aliphatic heterocycles. The fraction of sp³-hybridized carbons (Fsp3) is 0.405. The Labute approximate surface area is 302 Å². The molecule has 2 aromatic carbocycles. The molecule has 3 fully saturated rings. The van der Waals surface area contributed by atoms with Gasteiger partial charge in [-0.25, -0.2) is 13.2 Å². The first kappa shape index (κ1) is 34.3. The summed E-state index contributed by atoms with van der Waals surface area (Å²) < 4.78 is 55.9. The number of ether oxygens (including phenoxy) is 1. The van der Waals surface area contributed by atoms with E-state index in [-0.39, 0.29) is 47.4 Å². The molecule has 52 heavy (non-hydrogen) atoms. The Morgan fingerprint density at radius 3 is 2.79 bits per heavy atom. The maximum absolute atomic E-state index is 16.7. The number of nitrogens with zero attached hydrogens (tertiary/aromatic N) is 8. The first-order chi connectivity index (χ1) is 25.1.